The number of carbonyl (C=O) groups excluding carboxylic acids is 1. The normalized spacial score (nSPS) is 16.4. The van der Waals surface area contributed by atoms with Crippen molar-refractivity contribution in [2.45, 2.75) is 19.3 Å². The Morgan fingerprint density at radius 1 is 1.27 bits per heavy atom. The Morgan fingerprint density at radius 3 is 3.00 bits per heavy atom. The van der Waals surface area contributed by atoms with E-state index >= 15 is 0 Å². The quantitative estimate of drug-likeness (QED) is 0.473. The van der Waals surface area contributed by atoms with Gasteiger partial charge in [0, 0.05) is 48.8 Å². The average molecular weight is 464 g/mol. The molecule has 1 aliphatic rings. The Labute approximate surface area is 196 Å². The Morgan fingerprint density at radius 2 is 2.12 bits per heavy atom. The third-order valence-electron chi connectivity index (χ3n) is 6.48. The number of nitrogens with one attached hydrogen (secondary N) is 2. The number of halogens is 1. The summed E-state index contributed by atoms with van der Waals surface area (Å²) in [7, 11) is 1.77. The van der Waals surface area contributed by atoms with Crippen LogP contribution in [0.2, 0.25) is 5.02 Å². The molecule has 4 aromatic rings. The van der Waals surface area contributed by atoms with Crippen LogP contribution in [0.3, 0.4) is 0 Å². The molecule has 1 aliphatic heterocycles. The SMILES string of the molecule is Cn1c(=O)c(N2CCCC(C(=O)NCCc3c[nH]c4ccc(Cl)cc34)C2)nc2ccccc21. The molecule has 2 N–H and O–H groups in total. The number of aromatic nitrogens is 3. The van der Waals surface area contributed by atoms with Gasteiger partial charge in [0.1, 0.15) is 0 Å². The number of amides is 1. The summed E-state index contributed by atoms with van der Waals surface area (Å²) in [6, 6.07) is 13.4. The number of aromatic amines is 1. The lowest BCUT2D eigenvalue weighted by atomic mass is 9.97. The smallest absolute Gasteiger partial charge is 0.293 e. The second kappa shape index (κ2) is 8.90. The van der Waals surface area contributed by atoms with Crippen LogP contribution in [0.25, 0.3) is 21.9 Å². The number of para-hydroxylation sites is 2. The molecule has 33 heavy (non-hydrogen) atoms. The molecule has 2 aromatic carbocycles. The van der Waals surface area contributed by atoms with Crippen LogP contribution >= 0.6 is 11.6 Å². The molecule has 0 radical (unpaired) electrons. The molecule has 8 heteroatoms. The van der Waals surface area contributed by atoms with Gasteiger partial charge in [-0.25, -0.2) is 4.98 Å². The number of hydrogen-bond acceptors (Lipinski definition) is 4. The molecule has 1 fully saturated rings. The Kier molecular flexibility index (Phi) is 5.81. The zero-order valence-electron chi connectivity index (χ0n) is 18.5. The molecule has 170 valence electrons. The van der Waals surface area contributed by atoms with Gasteiger partial charge >= 0.3 is 0 Å². The molecular weight excluding hydrogens is 438 g/mol. The minimum atomic E-state index is -0.172. The lowest BCUT2D eigenvalue weighted by Crippen LogP contribution is -2.45. The summed E-state index contributed by atoms with van der Waals surface area (Å²) in [6.45, 7) is 1.76. The maximum absolute atomic E-state index is 12.9. The van der Waals surface area contributed by atoms with E-state index in [1.807, 2.05) is 53.6 Å². The van der Waals surface area contributed by atoms with E-state index in [1.165, 1.54) is 0 Å². The van der Waals surface area contributed by atoms with E-state index in [-0.39, 0.29) is 17.4 Å². The molecule has 5 rings (SSSR count). The van der Waals surface area contributed by atoms with Crippen LogP contribution in [0.1, 0.15) is 18.4 Å². The van der Waals surface area contributed by atoms with E-state index in [2.05, 4.69) is 15.3 Å². The number of piperidine rings is 1. The highest BCUT2D eigenvalue weighted by Gasteiger charge is 2.28. The van der Waals surface area contributed by atoms with Crippen molar-refractivity contribution in [3.63, 3.8) is 0 Å². The van der Waals surface area contributed by atoms with Gasteiger partial charge in [-0.3, -0.25) is 9.59 Å². The maximum atomic E-state index is 12.9. The number of rotatable bonds is 5. The van der Waals surface area contributed by atoms with Gasteiger partial charge in [-0.05, 0) is 55.2 Å². The van der Waals surface area contributed by atoms with Gasteiger partial charge in [-0.2, -0.15) is 0 Å². The molecule has 1 unspecified atom stereocenters. The number of benzene rings is 2. The molecule has 7 nitrogen and oxygen atoms in total. The summed E-state index contributed by atoms with van der Waals surface area (Å²) in [6.07, 6.45) is 4.33. The number of H-pyrrole nitrogens is 1. The van der Waals surface area contributed by atoms with Crippen molar-refractivity contribution < 1.29 is 4.79 Å². The third kappa shape index (κ3) is 4.20. The van der Waals surface area contributed by atoms with Crippen molar-refractivity contribution in [1.82, 2.24) is 19.9 Å². The standard InChI is InChI=1S/C25H26ClN5O2/c1-30-22-7-3-2-6-21(22)29-23(25(30)33)31-12-4-5-17(15-31)24(32)27-11-10-16-14-28-20-9-8-18(26)13-19(16)20/h2-3,6-9,13-14,17,28H,4-5,10-12,15H2,1H3,(H,27,32). The summed E-state index contributed by atoms with van der Waals surface area (Å²) < 4.78 is 1.63. The molecule has 0 saturated carbocycles. The first-order valence-electron chi connectivity index (χ1n) is 11.2. The number of fused-ring (bicyclic) bond motifs is 2. The largest absolute Gasteiger partial charge is 0.361 e. The van der Waals surface area contributed by atoms with E-state index in [9.17, 15) is 9.59 Å². The first kappa shape index (κ1) is 21.5. The fourth-order valence-electron chi connectivity index (χ4n) is 4.68. The van der Waals surface area contributed by atoms with Crippen LogP contribution in [-0.4, -0.2) is 40.1 Å². The molecule has 0 bridgehead atoms. The predicted molar refractivity (Wildman–Crippen MR) is 132 cm³/mol. The first-order valence-corrected chi connectivity index (χ1v) is 11.6. The zero-order valence-corrected chi connectivity index (χ0v) is 19.2. The number of hydrogen-bond donors (Lipinski definition) is 2. The lowest BCUT2D eigenvalue weighted by Gasteiger charge is -2.32. The van der Waals surface area contributed by atoms with Crippen LogP contribution in [0.15, 0.2) is 53.5 Å². The number of nitrogens with zero attached hydrogens (tertiary/aromatic N) is 3. The van der Waals surface area contributed by atoms with E-state index in [4.69, 9.17) is 11.6 Å². The van der Waals surface area contributed by atoms with Crippen molar-refractivity contribution >= 4 is 45.3 Å². The minimum absolute atomic E-state index is 0.0233. The van der Waals surface area contributed by atoms with Gasteiger partial charge in [-0.1, -0.05) is 23.7 Å². The first-order chi connectivity index (χ1) is 16.0. The summed E-state index contributed by atoms with van der Waals surface area (Å²) in [5.74, 6) is 0.272. The lowest BCUT2D eigenvalue weighted by molar-refractivity contribution is -0.125. The fraction of sp³-hybridized carbons (Fsp3) is 0.320. The molecular formula is C25H26ClN5O2. The minimum Gasteiger partial charge on any atom is -0.361 e. The summed E-state index contributed by atoms with van der Waals surface area (Å²) in [5, 5.41) is 4.86. The van der Waals surface area contributed by atoms with Crippen LogP contribution < -0.4 is 15.8 Å². The van der Waals surface area contributed by atoms with Crippen LogP contribution in [-0.2, 0) is 18.3 Å². The number of carbonyl (C=O) groups is 1. The molecule has 1 saturated heterocycles. The average Bonchev–Trinajstić information content (AvgIpc) is 3.23. The van der Waals surface area contributed by atoms with Crippen LogP contribution in [0.5, 0.6) is 0 Å². The van der Waals surface area contributed by atoms with Crippen molar-refractivity contribution in [3.8, 4) is 0 Å². The van der Waals surface area contributed by atoms with Gasteiger partial charge in [-0.15, -0.1) is 0 Å². The fourth-order valence-corrected chi connectivity index (χ4v) is 4.85. The van der Waals surface area contributed by atoms with Gasteiger partial charge in [0.2, 0.25) is 5.91 Å². The number of anilines is 1. The van der Waals surface area contributed by atoms with E-state index in [1.54, 1.807) is 11.6 Å². The second-order valence-corrected chi connectivity index (χ2v) is 9.05. The summed E-state index contributed by atoms with van der Waals surface area (Å²) in [5.41, 5.74) is 3.61. The van der Waals surface area contributed by atoms with Crippen molar-refractivity contribution in [1.29, 1.82) is 0 Å². The Balaban J connectivity index is 1.26. The summed E-state index contributed by atoms with van der Waals surface area (Å²) in [4.78, 5) is 35.7. The highest BCUT2D eigenvalue weighted by Crippen LogP contribution is 2.24. The monoisotopic (exact) mass is 463 g/mol. The predicted octanol–water partition coefficient (Wildman–Crippen LogP) is 3.64. The van der Waals surface area contributed by atoms with Gasteiger partial charge < -0.3 is 19.8 Å². The van der Waals surface area contributed by atoms with Crippen molar-refractivity contribution in [3.05, 3.63) is 69.6 Å². The van der Waals surface area contributed by atoms with E-state index in [0.717, 1.165) is 53.3 Å². The van der Waals surface area contributed by atoms with Gasteiger partial charge in [0.05, 0.1) is 17.0 Å². The molecule has 0 aliphatic carbocycles. The maximum Gasteiger partial charge on any atom is 0.293 e. The highest BCUT2D eigenvalue weighted by atomic mass is 35.5. The molecule has 1 amide bonds. The molecule has 0 spiro atoms. The zero-order chi connectivity index (χ0) is 22.9. The van der Waals surface area contributed by atoms with E-state index in [0.29, 0.717) is 23.9 Å². The van der Waals surface area contributed by atoms with Crippen LogP contribution in [0, 0.1) is 5.92 Å². The number of aryl methyl sites for hydroxylation is 1. The van der Waals surface area contributed by atoms with Crippen LogP contribution in [0.4, 0.5) is 5.82 Å². The Hall–Kier alpha value is -3.32. The van der Waals surface area contributed by atoms with Gasteiger partial charge in [0.15, 0.2) is 5.82 Å². The summed E-state index contributed by atoms with van der Waals surface area (Å²) >= 11 is 6.13. The third-order valence-corrected chi connectivity index (χ3v) is 6.72. The molecule has 1 atom stereocenters. The Bertz CT molecular complexity index is 1390. The van der Waals surface area contributed by atoms with Crippen molar-refractivity contribution in [2.24, 2.45) is 13.0 Å². The van der Waals surface area contributed by atoms with Crippen molar-refractivity contribution in [2.75, 3.05) is 24.5 Å². The highest BCUT2D eigenvalue weighted by molar-refractivity contribution is 6.31. The second-order valence-electron chi connectivity index (χ2n) is 8.62. The molecule has 2 aromatic heterocycles. The molecule has 3 heterocycles. The topological polar surface area (TPSA) is 83.0 Å². The van der Waals surface area contributed by atoms with Gasteiger partial charge in [0.25, 0.3) is 5.56 Å². The van der Waals surface area contributed by atoms with E-state index < -0.39 is 0 Å².